The molecule has 41 heavy (non-hydrogen) atoms. The van der Waals surface area contributed by atoms with E-state index in [0.29, 0.717) is 29.2 Å². The number of terminal acetylenes is 1. The second-order valence-electron chi connectivity index (χ2n) is 9.73. The molecule has 5 nitrogen and oxygen atoms in total. The van der Waals surface area contributed by atoms with E-state index < -0.39 is 11.6 Å². The van der Waals surface area contributed by atoms with E-state index in [0.717, 1.165) is 45.0 Å². The van der Waals surface area contributed by atoms with Gasteiger partial charge in [-0.25, -0.2) is 8.78 Å². The highest BCUT2D eigenvalue weighted by Crippen LogP contribution is 2.13. The predicted molar refractivity (Wildman–Crippen MR) is 164 cm³/mol. The molecule has 1 atom stereocenters. The first-order valence-electron chi connectivity index (χ1n) is 13.9. The monoisotopic (exact) mass is 563 g/mol. The Morgan fingerprint density at radius 1 is 0.878 bits per heavy atom. The molecule has 3 aromatic rings. The van der Waals surface area contributed by atoms with Gasteiger partial charge in [0.2, 0.25) is 0 Å². The Morgan fingerprint density at radius 2 is 1.51 bits per heavy atom. The van der Waals surface area contributed by atoms with Crippen LogP contribution in [0.1, 0.15) is 70.9 Å². The van der Waals surface area contributed by atoms with E-state index in [4.69, 9.17) is 0 Å². The summed E-state index contributed by atoms with van der Waals surface area (Å²) in [6.45, 7) is 9.03. The van der Waals surface area contributed by atoms with E-state index >= 15 is 0 Å². The van der Waals surface area contributed by atoms with Crippen molar-refractivity contribution in [3.8, 4) is 12.8 Å². The molecule has 2 N–H and O–H groups in total. The lowest BCUT2D eigenvalue weighted by atomic mass is 10.0. The number of aryl methyl sites for hydroxylation is 1. The Bertz CT molecular complexity index is 1160. The third-order valence-corrected chi connectivity index (χ3v) is 6.21. The molecule has 0 fully saturated rings. The summed E-state index contributed by atoms with van der Waals surface area (Å²) in [5.41, 5.74) is 3.01. The quantitative estimate of drug-likeness (QED) is 0.193. The minimum absolute atomic E-state index is 0.0464. The average molecular weight is 564 g/mol. The maximum atomic E-state index is 12.5. The Hall–Kier alpha value is -4.02. The van der Waals surface area contributed by atoms with Crippen molar-refractivity contribution in [2.45, 2.75) is 46.0 Å². The number of unbranched alkanes of at least 4 members (excludes halogenated alkanes) is 1. The van der Waals surface area contributed by atoms with Crippen molar-refractivity contribution in [2.75, 3.05) is 33.2 Å². The Kier molecular flexibility index (Phi) is 17.0. The first-order valence-corrected chi connectivity index (χ1v) is 13.9. The molecule has 3 aromatic carbocycles. The third kappa shape index (κ3) is 13.7. The highest BCUT2D eigenvalue weighted by molar-refractivity contribution is 5.99. The third-order valence-electron chi connectivity index (χ3n) is 6.21. The number of hydrogen-bond donors (Lipinski definition) is 2. The van der Waals surface area contributed by atoms with Crippen LogP contribution in [0.15, 0.2) is 72.8 Å². The zero-order valence-corrected chi connectivity index (χ0v) is 24.6. The fourth-order valence-electron chi connectivity index (χ4n) is 3.94. The van der Waals surface area contributed by atoms with Crippen molar-refractivity contribution in [3.05, 3.63) is 107 Å². The van der Waals surface area contributed by atoms with Crippen molar-refractivity contribution in [3.63, 3.8) is 0 Å². The molecule has 0 spiro atoms. The average Bonchev–Trinajstić information content (AvgIpc) is 2.98. The topological polar surface area (TPSA) is 61.4 Å². The number of nitrogens with zero attached hydrogens (tertiary/aromatic N) is 1. The number of benzene rings is 3. The Balaban J connectivity index is 0.000000641. The van der Waals surface area contributed by atoms with Crippen molar-refractivity contribution < 1.29 is 18.4 Å². The second-order valence-corrected chi connectivity index (χ2v) is 9.73. The molecule has 0 aromatic heterocycles. The lowest BCUT2D eigenvalue weighted by Crippen LogP contribution is -2.29. The molecule has 0 heterocycles. The summed E-state index contributed by atoms with van der Waals surface area (Å²) >= 11 is 0. The molecular weight excluding hydrogens is 520 g/mol. The lowest BCUT2D eigenvalue weighted by Gasteiger charge is -2.17. The van der Waals surface area contributed by atoms with Crippen molar-refractivity contribution >= 4 is 11.8 Å². The van der Waals surface area contributed by atoms with Crippen LogP contribution in [0.2, 0.25) is 0 Å². The van der Waals surface area contributed by atoms with Gasteiger partial charge in [-0.2, -0.15) is 0 Å². The molecule has 0 aliphatic carbocycles. The van der Waals surface area contributed by atoms with Crippen LogP contribution in [0.25, 0.3) is 0 Å². The number of nitrogens with one attached hydrogen (secondary N) is 2. The van der Waals surface area contributed by atoms with Gasteiger partial charge in [0, 0.05) is 43.9 Å². The molecule has 1 unspecified atom stereocenters. The molecule has 3 rings (SSSR count). The molecule has 7 heteroatoms. The summed E-state index contributed by atoms with van der Waals surface area (Å²) in [6, 6.07) is 20.8. The van der Waals surface area contributed by atoms with Gasteiger partial charge in [-0.15, -0.1) is 12.8 Å². The van der Waals surface area contributed by atoms with Crippen molar-refractivity contribution in [1.29, 1.82) is 0 Å². The Labute approximate surface area is 244 Å². The van der Waals surface area contributed by atoms with Gasteiger partial charge in [-0.3, -0.25) is 9.59 Å². The molecule has 0 radical (unpaired) electrons. The fourth-order valence-corrected chi connectivity index (χ4v) is 3.94. The molecule has 0 saturated carbocycles. The van der Waals surface area contributed by atoms with Crippen LogP contribution in [0, 0.1) is 31.4 Å². The van der Waals surface area contributed by atoms with Gasteiger partial charge in [-0.1, -0.05) is 56.7 Å². The standard InChI is InChI=1S/C25H35N3O2.C7H6F2.C2H2/c1-4-5-17-28(3)25(30)23-14-9-13-22(18-23)24(29)27-16-10-15-26-19-20(2)21-11-7-6-8-12-21;1-5-2-6(8)4-7(9)3-5;1-2/h6-9,11-14,18,20,26H,4-5,10,15-17,19H2,1-3H3,(H,27,29);2-4H,1H3;1-2H. The van der Waals surface area contributed by atoms with E-state index in [-0.39, 0.29) is 11.8 Å². The summed E-state index contributed by atoms with van der Waals surface area (Å²) in [6.07, 6.45) is 10.9. The lowest BCUT2D eigenvalue weighted by molar-refractivity contribution is 0.0793. The van der Waals surface area contributed by atoms with Crippen LogP contribution >= 0.6 is 0 Å². The number of rotatable bonds is 12. The van der Waals surface area contributed by atoms with Crippen LogP contribution in [0.3, 0.4) is 0 Å². The Morgan fingerprint density at radius 3 is 2.12 bits per heavy atom. The minimum Gasteiger partial charge on any atom is -0.352 e. The normalized spacial score (nSPS) is 10.7. The van der Waals surface area contributed by atoms with Crippen molar-refractivity contribution in [1.82, 2.24) is 15.5 Å². The van der Waals surface area contributed by atoms with Gasteiger partial charge in [0.1, 0.15) is 11.6 Å². The van der Waals surface area contributed by atoms with Crippen LogP contribution in [-0.2, 0) is 0 Å². The number of carbonyl (C=O) groups excluding carboxylic acids is 2. The number of carbonyl (C=O) groups is 2. The van der Waals surface area contributed by atoms with Gasteiger partial charge < -0.3 is 15.5 Å². The van der Waals surface area contributed by atoms with Crippen LogP contribution in [-0.4, -0.2) is 49.9 Å². The second kappa shape index (κ2) is 19.9. The van der Waals surface area contributed by atoms with Gasteiger partial charge in [-0.05, 0) is 73.7 Å². The molecule has 0 saturated heterocycles. The molecule has 0 aliphatic heterocycles. The van der Waals surface area contributed by atoms with E-state index in [2.05, 4.69) is 61.6 Å². The summed E-state index contributed by atoms with van der Waals surface area (Å²) in [5, 5.41) is 6.39. The van der Waals surface area contributed by atoms with Gasteiger partial charge >= 0.3 is 0 Å². The van der Waals surface area contributed by atoms with Gasteiger partial charge in [0.25, 0.3) is 11.8 Å². The highest BCUT2D eigenvalue weighted by atomic mass is 19.1. The minimum atomic E-state index is -0.521. The van der Waals surface area contributed by atoms with E-state index in [1.807, 2.05) is 6.07 Å². The highest BCUT2D eigenvalue weighted by Gasteiger charge is 2.13. The van der Waals surface area contributed by atoms with Crippen molar-refractivity contribution in [2.24, 2.45) is 0 Å². The summed E-state index contributed by atoms with van der Waals surface area (Å²) in [7, 11) is 1.80. The first-order chi connectivity index (χ1) is 19.7. The molecule has 2 amide bonds. The van der Waals surface area contributed by atoms with Gasteiger partial charge in [0.15, 0.2) is 0 Å². The van der Waals surface area contributed by atoms with E-state index in [1.165, 1.54) is 17.7 Å². The smallest absolute Gasteiger partial charge is 0.253 e. The number of amides is 2. The zero-order chi connectivity index (χ0) is 30.6. The van der Waals surface area contributed by atoms with Crippen LogP contribution < -0.4 is 10.6 Å². The fraction of sp³-hybridized carbons (Fsp3) is 0.353. The molecular formula is C34H43F2N3O2. The zero-order valence-electron chi connectivity index (χ0n) is 24.6. The number of hydrogen-bond acceptors (Lipinski definition) is 3. The molecule has 0 bridgehead atoms. The molecule has 220 valence electrons. The summed E-state index contributed by atoms with van der Waals surface area (Å²) in [4.78, 5) is 26.6. The van der Waals surface area contributed by atoms with E-state index in [1.54, 1.807) is 43.1 Å². The molecule has 0 aliphatic rings. The maximum Gasteiger partial charge on any atom is 0.253 e. The van der Waals surface area contributed by atoms with Crippen LogP contribution in [0.4, 0.5) is 8.78 Å². The van der Waals surface area contributed by atoms with Gasteiger partial charge in [0.05, 0.1) is 0 Å². The summed E-state index contributed by atoms with van der Waals surface area (Å²) < 4.78 is 24.4. The van der Waals surface area contributed by atoms with E-state index in [9.17, 15) is 18.4 Å². The predicted octanol–water partition coefficient (Wildman–Crippen LogP) is 6.59. The number of halogens is 2. The maximum absolute atomic E-state index is 12.5. The first kappa shape index (κ1) is 35.0. The largest absolute Gasteiger partial charge is 0.352 e. The SMILES string of the molecule is C#C.CCCCN(C)C(=O)c1cccc(C(=O)NCCCNCC(C)c2ccccc2)c1.Cc1cc(F)cc(F)c1. The van der Waals surface area contributed by atoms with Crippen LogP contribution in [0.5, 0.6) is 0 Å². The summed E-state index contributed by atoms with van der Waals surface area (Å²) in [5.74, 6) is -0.773.